The van der Waals surface area contributed by atoms with Crippen LogP contribution in [0.25, 0.3) is 0 Å². The molecule has 7 nitrogen and oxygen atoms in total. The van der Waals surface area contributed by atoms with Gasteiger partial charge in [-0.15, -0.1) is 0 Å². The first-order valence-corrected chi connectivity index (χ1v) is 10.7. The summed E-state index contributed by atoms with van der Waals surface area (Å²) in [6.07, 6.45) is 0.416. The van der Waals surface area contributed by atoms with E-state index in [-0.39, 0.29) is 23.5 Å². The second-order valence-electron chi connectivity index (χ2n) is 6.78. The van der Waals surface area contributed by atoms with Gasteiger partial charge in [-0.3, -0.25) is 9.69 Å². The fourth-order valence-electron chi connectivity index (χ4n) is 3.52. The summed E-state index contributed by atoms with van der Waals surface area (Å²) in [6.45, 7) is 3.37. The predicted octanol–water partition coefficient (Wildman–Crippen LogP) is 0.619. The minimum atomic E-state index is -3.06. The largest absolute Gasteiger partial charge is 0.497 e. The quantitative estimate of drug-likeness (QED) is 0.776. The van der Waals surface area contributed by atoms with Gasteiger partial charge < -0.3 is 14.8 Å². The normalized spacial score (nSPS) is 24.1. The molecule has 26 heavy (non-hydrogen) atoms. The van der Waals surface area contributed by atoms with Gasteiger partial charge in [0.1, 0.15) is 5.75 Å². The van der Waals surface area contributed by atoms with Crippen LogP contribution in [0.3, 0.4) is 0 Å². The van der Waals surface area contributed by atoms with E-state index >= 15 is 0 Å². The molecule has 0 spiro atoms. The molecule has 1 amide bonds. The van der Waals surface area contributed by atoms with Crippen LogP contribution in [-0.2, 0) is 19.4 Å². The van der Waals surface area contributed by atoms with Crippen molar-refractivity contribution in [2.75, 3.05) is 51.5 Å². The molecule has 1 N–H and O–H groups in total. The van der Waals surface area contributed by atoms with Crippen LogP contribution in [0.4, 0.5) is 0 Å². The summed E-state index contributed by atoms with van der Waals surface area (Å²) in [5.41, 5.74) is 1.09. The highest BCUT2D eigenvalue weighted by Crippen LogP contribution is 2.24. The number of nitrogens with one attached hydrogen (secondary N) is 1. The fourth-order valence-corrected chi connectivity index (χ4v) is 5.26. The summed E-state index contributed by atoms with van der Waals surface area (Å²) >= 11 is 0. The third-order valence-corrected chi connectivity index (χ3v) is 6.83. The van der Waals surface area contributed by atoms with E-state index in [4.69, 9.17) is 9.47 Å². The second kappa shape index (κ2) is 8.37. The summed E-state index contributed by atoms with van der Waals surface area (Å²) in [7, 11) is -1.43. The Morgan fingerprint density at radius 3 is 2.58 bits per heavy atom. The Morgan fingerprint density at radius 1 is 1.31 bits per heavy atom. The Balaban J connectivity index is 1.67. The van der Waals surface area contributed by atoms with Crippen molar-refractivity contribution in [3.8, 4) is 5.75 Å². The third kappa shape index (κ3) is 4.75. The van der Waals surface area contributed by atoms with E-state index < -0.39 is 15.8 Å². The van der Waals surface area contributed by atoms with Crippen molar-refractivity contribution in [2.24, 2.45) is 5.92 Å². The SMILES string of the molecule is COc1ccc([C@H](CNC(=O)[C@@H]2CCS(=O)(=O)C2)N2CCOCC2)cc1. The molecular weight excluding hydrogens is 356 g/mol. The smallest absolute Gasteiger partial charge is 0.224 e. The minimum absolute atomic E-state index is 0.0202. The fraction of sp³-hybridized carbons (Fsp3) is 0.611. The van der Waals surface area contributed by atoms with Gasteiger partial charge in [0.05, 0.1) is 43.8 Å². The first-order valence-electron chi connectivity index (χ1n) is 8.92. The van der Waals surface area contributed by atoms with Crippen LogP contribution in [0.1, 0.15) is 18.0 Å². The van der Waals surface area contributed by atoms with Crippen molar-refractivity contribution in [1.29, 1.82) is 0 Å². The topological polar surface area (TPSA) is 84.9 Å². The first-order chi connectivity index (χ1) is 12.5. The van der Waals surface area contributed by atoms with Crippen molar-refractivity contribution in [2.45, 2.75) is 12.5 Å². The maximum absolute atomic E-state index is 12.4. The molecule has 0 aliphatic carbocycles. The highest BCUT2D eigenvalue weighted by molar-refractivity contribution is 7.91. The van der Waals surface area contributed by atoms with Crippen LogP contribution in [0.2, 0.25) is 0 Å². The maximum Gasteiger partial charge on any atom is 0.224 e. The highest BCUT2D eigenvalue weighted by Gasteiger charge is 2.33. The van der Waals surface area contributed by atoms with Crippen molar-refractivity contribution in [3.63, 3.8) is 0 Å². The van der Waals surface area contributed by atoms with Gasteiger partial charge in [0.2, 0.25) is 5.91 Å². The molecule has 2 saturated heterocycles. The lowest BCUT2D eigenvalue weighted by molar-refractivity contribution is -0.124. The van der Waals surface area contributed by atoms with Crippen molar-refractivity contribution in [3.05, 3.63) is 29.8 Å². The summed E-state index contributed by atoms with van der Waals surface area (Å²) in [5.74, 6) is 0.258. The Morgan fingerprint density at radius 2 is 2.00 bits per heavy atom. The van der Waals surface area contributed by atoms with E-state index in [2.05, 4.69) is 10.2 Å². The zero-order valence-corrected chi connectivity index (χ0v) is 15.8. The molecule has 2 heterocycles. The van der Waals surface area contributed by atoms with Crippen molar-refractivity contribution >= 4 is 15.7 Å². The Hall–Kier alpha value is -1.64. The number of sulfone groups is 1. The van der Waals surface area contributed by atoms with Crippen molar-refractivity contribution < 1.29 is 22.7 Å². The van der Waals surface area contributed by atoms with Gasteiger partial charge in [-0.25, -0.2) is 8.42 Å². The molecule has 3 rings (SSSR count). The zero-order chi connectivity index (χ0) is 18.6. The summed E-state index contributed by atoms with van der Waals surface area (Å²) < 4.78 is 33.9. The van der Waals surface area contributed by atoms with E-state index in [1.54, 1.807) is 7.11 Å². The van der Waals surface area contributed by atoms with Crippen LogP contribution in [0.5, 0.6) is 5.75 Å². The second-order valence-corrected chi connectivity index (χ2v) is 9.01. The maximum atomic E-state index is 12.4. The molecule has 0 unspecified atom stereocenters. The molecule has 0 saturated carbocycles. The van der Waals surface area contributed by atoms with Gasteiger partial charge in [0.25, 0.3) is 0 Å². The molecule has 0 bridgehead atoms. The number of nitrogens with zero attached hydrogens (tertiary/aromatic N) is 1. The predicted molar refractivity (Wildman–Crippen MR) is 97.9 cm³/mol. The summed E-state index contributed by atoms with van der Waals surface area (Å²) in [4.78, 5) is 14.7. The van der Waals surface area contributed by atoms with Gasteiger partial charge in [0, 0.05) is 19.6 Å². The lowest BCUT2D eigenvalue weighted by Gasteiger charge is -2.35. The molecule has 144 valence electrons. The minimum Gasteiger partial charge on any atom is -0.497 e. The molecule has 2 fully saturated rings. The molecule has 8 heteroatoms. The number of amides is 1. The Kier molecular flexibility index (Phi) is 6.16. The van der Waals surface area contributed by atoms with Crippen LogP contribution in [0.15, 0.2) is 24.3 Å². The number of carbonyl (C=O) groups excluding carboxylic acids is 1. The molecule has 2 atom stereocenters. The number of benzene rings is 1. The summed E-state index contributed by atoms with van der Waals surface area (Å²) in [5, 5.41) is 2.97. The highest BCUT2D eigenvalue weighted by atomic mass is 32.2. The average Bonchev–Trinajstić information content (AvgIpc) is 3.03. The number of carbonyl (C=O) groups is 1. The number of methoxy groups -OCH3 is 1. The lowest BCUT2D eigenvalue weighted by Crippen LogP contribution is -2.44. The van der Waals surface area contributed by atoms with Crippen LogP contribution < -0.4 is 10.1 Å². The molecule has 0 aromatic heterocycles. The van der Waals surface area contributed by atoms with Gasteiger partial charge in [-0.2, -0.15) is 0 Å². The number of hydrogen-bond donors (Lipinski definition) is 1. The van der Waals surface area contributed by atoms with Crippen LogP contribution in [-0.4, -0.2) is 70.7 Å². The Bertz CT molecular complexity index is 714. The molecule has 1 aromatic carbocycles. The average molecular weight is 382 g/mol. The number of rotatable bonds is 6. The number of hydrogen-bond acceptors (Lipinski definition) is 6. The van der Waals surface area contributed by atoms with E-state index in [1.165, 1.54) is 0 Å². The molecular formula is C18H26N2O5S. The molecule has 1 aromatic rings. The van der Waals surface area contributed by atoms with Gasteiger partial charge in [0.15, 0.2) is 9.84 Å². The van der Waals surface area contributed by atoms with E-state index in [9.17, 15) is 13.2 Å². The molecule has 2 aliphatic rings. The molecule has 0 radical (unpaired) electrons. The number of morpholine rings is 1. The standard InChI is InChI=1S/C18H26N2O5S/c1-24-16-4-2-14(3-5-16)17(20-7-9-25-10-8-20)12-19-18(21)15-6-11-26(22,23)13-15/h2-5,15,17H,6-13H2,1H3,(H,19,21)/t15-,17+/m1/s1. The zero-order valence-electron chi connectivity index (χ0n) is 15.0. The first kappa shape index (κ1) is 19.1. The van der Waals surface area contributed by atoms with E-state index in [0.717, 1.165) is 24.4 Å². The Labute approximate surface area is 154 Å². The van der Waals surface area contributed by atoms with Gasteiger partial charge >= 0.3 is 0 Å². The molecule has 2 aliphatic heterocycles. The van der Waals surface area contributed by atoms with Gasteiger partial charge in [-0.05, 0) is 24.1 Å². The number of ether oxygens (including phenoxy) is 2. The monoisotopic (exact) mass is 382 g/mol. The summed E-state index contributed by atoms with van der Waals surface area (Å²) in [6, 6.07) is 7.85. The lowest BCUT2D eigenvalue weighted by atomic mass is 10.0. The van der Waals surface area contributed by atoms with Crippen LogP contribution >= 0.6 is 0 Å². The van der Waals surface area contributed by atoms with E-state index in [0.29, 0.717) is 26.2 Å². The van der Waals surface area contributed by atoms with E-state index in [1.807, 2.05) is 24.3 Å². The van der Waals surface area contributed by atoms with Crippen molar-refractivity contribution in [1.82, 2.24) is 10.2 Å². The van der Waals surface area contributed by atoms with Gasteiger partial charge in [-0.1, -0.05) is 12.1 Å². The van der Waals surface area contributed by atoms with Crippen LogP contribution in [0, 0.1) is 5.92 Å². The third-order valence-electron chi connectivity index (χ3n) is 5.06.